The molecule has 0 saturated heterocycles. The van der Waals surface area contributed by atoms with Crippen LogP contribution in [0.1, 0.15) is 5.56 Å². The average molecular weight is 239 g/mol. The van der Waals surface area contributed by atoms with Crippen molar-refractivity contribution in [3.8, 4) is 17.2 Å². The second-order valence-electron chi connectivity index (χ2n) is 3.67. The van der Waals surface area contributed by atoms with Crippen LogP contribution in [0.4, 0.5) is 5.69 Å². The molecule has 2 rings (SSSR count). The highest BCUT2D eigenvalue weighted by Gasteiger charge is 2.33. The number of methoxy groups -OCH3 is 2. The fraction of sp³-hybridized carbons (Fsp3) is 0.364. The monoisotopic (exact) mass is 239 g/mol. The number of hydrogen-bond acceptors (Lipinski definition) is 5. The number of rotatable bonds is 3. The fourth-order valence-corrected chi connectivity index (χ4v) is 1.90. The van der Waals surface area contributed by atoms with Crippen molar-refractivity contribution in [3.63, 3.8) is 0 Å². The largest absolute Gasteiger partial charge is 0.491 e. The number of carboxylic acid groups (broad SMARTS) is 1. The molecule has 0 saturated carbocycles. The lowest BCUT2D eigenvalue weighted by Crippen LogP contribution is -2.24. The van der Waals surface area contributed by atoms with Crippen LogP contribution in [0.5, 0.6) is 17.2 Å². The molecule has 0 amide bonds. The van der Waals surface area contributed by atoms with Crippen molar-refractivity contribution in [2.75, 3.05) is 20.0 Å². The van der Waals surface area contributed by atoms with Crippen LogP contribution < -0.4 is 19.9 Å². The summed E-state index contributed by atoms with van der Waals surface area (Å²) in [7, 11) is 2.92. The summed E-state index contributed by atoms with van der Waals surface area (Å²) < 4.78 is 15.6. The summed E-state index contributed by atoms with van der Waals surface area (Å²) in [5, 5.41) is 8.92. The minimum Gasteiger partial charge on any atom is -0.491 e. The number of benzene rings is 1. The van der Waals surface area contributed by atoms with Gasteiger partial charge in [0.1, 0.15) is 0 Å². The van der Waals surface area contributed by atoms with Gasteiger partial charge in [-0.1, -0.05) is 0 Å². The van der Waals surface area contributed by atoms with E-state index in [1.807, 2.05) is 0 Å². The molecule has 1 aliphatic heterocycles. The maximum atomic E-state index is 10.9. The summed E-state index contributed by atoms with van der Waals surface area (Å²) in [6.07, 6.45) is -0.625. The van der Waals surface area contributed by atoms with Crippen molar-refractivity contribution in [2.45, 2.75) is 12.5 Å². The Balaban J connectivity index is 2.50. The third-order valence-corrected chi connectivity index (χ3v) is 2.65. The number of nitrogen functional groups attached to an aromatic ring is 1. The molecule has 1 unspecified atom stereocenters. The van der Waals surface area contributed by atoms with Crippen LogP contribution in [0.2, 0.25) is 0 Å². The minimum absolute atomic E-state index is 0.273. The molecule has 0 fully saturated rings. The summed E-state index contributed by atoms with van der Waals surface area (Å²) in [4.78, 5) is 10.9. The van der Waals surface area contributed by atoms with Crippen molar-refractivity contribution in [3.05, 3.63) is 11.6 Å². The molecule has 0 radical (unpaired) electrons. The molecule has 6 heteroatoms. The van der Waals surface area contributed by atoms with Crippen LogP contribution in [0.25, 0.3) is 0 Å². The van der Waals surface area contributed by atoms with Crippen molar-refractivity contribution < 1.29 is 24.1 Å². The SMILES string of the molecule is COc1c(N)cc2c(c1OC)OC(C(=O)O)C2. The molecule has 6 nitrogen and oxygen atoms in total. The Kier molecular flexibility index (Phi) is 2.71. The zero-order valence-corrected chi connectivity index (χ0v) is 9.52. The highest BCUT2D eigenvalue weighted by Crippen LogP contribution is 2.47. The quantitative estimate of drug-likeness (QED) is 0.753. The number of ether oxygens (including phenoxy) is 3. The first-order valence-corrected chi connectivity index (χ1v) is 5.01. The zero-order chi connectivity index (χ0) is 12.6. The molecule has 0 aromatic heterocycles. The minimum atomic E-state index is -1.01. The predicted molar refractivity (Wildman–Crippen MR) is 59.7 cm³/mol. The van der Waals surface area contributed by atoms with E-state index in [4.69, 9.17) is 25.1 Å². The first kappa shape index (κ1) is 11.4. The highest BCUT2D eigenvalue weighted by atomic mass is 16.6. The molecule has 3 N–H and O–H groups in total. The average Bonchev–Trinajstić information content (AvgIpc) is 2.70. The first-order valence-electron chi connectivity index (χ1n) is 5.01. The van der Waals surface area contributed by atoms with Crippen molar-refractivity contribution in [2.24, 2.45) is 0 Å². The van der Waals surface area contributed by atoms with Crippen molar-refractivity contribution in [1.29, 1.82) is 0 Å². The van der Waals surface area contributed by atoms with E-state index in [9.17, 15) is 4.79 Å². The van der Waals surface area contributed by atoms with Gasteiger partial charge >= 0.3 is 5.97 Å². The van der Waals surface area contributed by atoms with Gasteiger partial charge in [-0.15, -0.1) is 0 Å². The van der Waals surface area contributed by atoms with Gasteiger partial charge in [0.2, 0.25) is 5.75 Å². The Bertz CT molecular complexity index is 471. The molecule has 0 spiro atoms. The van der Waals surface area contributed by atoms with E-state index in [-0.39, 0.29) is 6.42 Å². The Labute approximate surface area is 97.9 Å². The van der Waals surface area contributed by atoms with E-state index in [1.54, 1.807) is 6.07 Å². The van der Waals surface area contributed by atoms with Gasteiger partial charge in [0.05, 0.1) is 19.9 Å². The maximum Gasteiger partial charge on any atom is 0.345 e. The van der Waals surface area contributed by atoms with E-state index < -0.39 is 12.1 Å². The predicted octanol–water partition coefficient (Wildman–Crippen LogP) is 0.674. The molecule has 1 aliphatic rings. The Hall–Kier alpha value is -2.11. The van der Waals surface area contributed by atoms with Crippen LogP contribution in [-0.4, -0.2) is 31.4 Å². The first-order chi connectivity index (χ1) is 8.08. The highest BCUT2D eigenvalue weighted by molar-refractivity contribution is 5.77. The molecule has 1 aromatic rings. The van der Waals surface area contributed by atoms with Gasteiger partial charge in [0, 0.05) is 12.0 Å². The number of aliphatic carboxylic acids is 1. The normalized spacial score (nSPS) is 17.2. The number of anilines is 1. The van der Waals surface area contributed by atoms with E-state index in [0.717, 1.165) is 0 Å². The second-order valence-corrected chi connectivity index (χ2v) is 3.67. The zero-order valence-electron chi connectivity index (χ0n) is 9.52. The van der Waals surface area contributed by atoms with Crippen LogP contribution in [0, 0.1) is 0 Å². The van der Waals surface area contributed by atoms with E-state index >= 15 is 0 Å². The molecular formula is C11H13NO5. The lowest BCUT2D eigenvalue weighted by molar-refractivity contribution is -0.144. The van der Waals surface area contributed by atoms with Crippen LogP contribution in [0.3, 0.4) is 0 Å². The molecule has 1 heterocycles. The Morgan fingerprint density at radius 1 is 1.47 bits per heavy atom. The molecule has 1 atom stereocenters. The van der Waals surface area contributed by atoms with Gasteiger partial charge in [-0.3, -0.25) is 0 Å². The third kappa shape index (κ3) is 1.71. The summed E-state index contributed by atoms with van der Waals surface area (Å²) in [6, 6.07) is 1.65. The van der Waals surface area contributed by atoms with Gasteiger partial charge in [-0.25, -0.2) is 4.79 Å². The third-order valence-electron chi connectivity index (χ3n) is 2.65. The van der Waals surface area contributed by atoms with Crippen molar-refractivity contribution >= 4 is 11.7 Å². The Morgan fingerprint density at radius 3 is 2.65 bits per heavy atom. The summed E-state index contributed by atoms with van der Waals surface area (Å²) in [5.41, 5.74) is 6.91. The maximum absolute atomic E-state index is 10.9. The lowest BCUT2D eigenvalue weighted by Gasteiger charge is -2.13. The summed E-state index contributed by atoms with van der Waals surface area (Å²) in [5.74, 6) is 0.0790. The number of carbonyl (C=O) groups is 1. The van der Waals surface area contributed by atoms with Crippen LogP contribution in [0.15, 0.2) is 6.07 Å². The summed E-state index contributed by atoms with van der Waals surface area (Å²) in [6.45, 7) is 0. The van der Waals surface area contributed by atoms with E-state index in [2.05, 4.69) is 0 Å². The molecule has 1 aromatic carbocycles. The lowest BCUT2D eigenvalue weighted by atomic mass is 10.1. The van der Waals surface area contributed by atoms with Gasteiger partial charge in [-0.05, 0) is 6.07 Å². The number of hydrogen-bond donors (Lipinski definition) is 2. The van der Waals surface area contributed by atoms with Gasteiger partial charge < -0.3 is 25.1 Å². The number of carboxylic acids is 1. The summed E-state index contributed by atoms with van der Waals surface area (Å²) >= 11 is 0. The smallest absolute Gasteiger partial charge is 0.345 e. The molecule has 92 valence electrons. The van der Waals surface area contributed by atoms with Crippen molar-refractivity contribution in [1.82, 2.24) is 0 Å². The van der Waals surface area contributed by atoms with Gasteiger partial charge in [-0.2, -0.15) is 0 Å². The van der Waals surface area contributed by atoms with Gasteiger partial charge in [0.15, 0.2) is 17.6 Å². The molecule has 17 heavy (non-hydrogen) atoms. The van der Waals surface area contributed by atoms with Crippen LogP contribution >= 0.6 is 0 Å². The topological polar surface area (TPSA) is 91.0 Å². The Morgan fingerprint density at radius 2 is 2.12 bits per heavy atom. The molecule has 0 aliphatic carbocycles. The number of nitrogens with two attached hydrogens (primary N) is 1. The van der Waals surface area contributed by atoms with E-state index in [1.165, 1.54) is 14.2 Å². The fourth-order valence-electron chi connectivity index (χ4n) is 1.90. The van der Waals surface area contributed by atoms with Gasteiger partial charge in [0.25, 0.3) is 0 Å². The standard InChI is InChI=1S/C11H13NO5/c1-15-9-6(12)3-5-4-7(11(13)14)17-8(5)10(9)16-2/h3,7H,4,12H2,1-2H3,(H,13,14). The number of fused-ring (bicyclic) bond motifs is 1. The van der Waals surface area contributed by atoms with Crippen LogP contribution in [-0.2, 0) is 11.2 Å². The molecular weight excluding hydrogens is 226 g/mol. The van der Waals surface area contributed by atoms with E-state index in [0.29, 0.717) is 28.5 Å². The molecule has 0 bridgehead atoms. The second kappa shape index (κ2) is 4.04.